The Morgan fingerprint density at radius 1 is 1.33 bits per heavy atom. The minimum Gasteiger partial charge on any atom is -0.477 e. The third kappa shape index (κ3) is 2.53. The van der Waals surface area contributed by atoms with E-state index in [1.165, 1.54) is 5.56 Å². The summed E-state index contributed by atoms with van der Waals surface area (Å²) in [4.78, 5) is 15.9. The summed E-state index contributed by atoms with van der Waals surface area (Å²) in [6.07, 6.45) is 0.0506. The van der Waals surface area contributed by atoms with Crippen LogP contribution in [0.15, 0.2) is 29.4 Å². The summed E-state index contributed by atoms with van der Waals surface area (Å²) in [5.41, 5.74) is 2.39. The van der Waals surface area contributed by atoms with Gasteiger partial charge in [0.05, 0.1) is 0 Å². The first-order valence-electron chi connectivity index (χ1n) is 5.94. The first-order valence-corrected chi connectivity index (χ1v) is 5.94. The average molecular weight is 247 g/mol. The lowest BCUT2D eigenvalue weighted by molar-refractivity contribution is -0.129. The summed E-state index contributed by atoms with van der Waals surface area (Å²) in [6.45, 7) is 6.46. The van der Waals surface area contributed by atoms with E-state index in [-0.39, 0.29) is 17.2 Å². The van der Waals surface area contributed by atoms with Crippen molar-refractivity contribution in [1.82, 2.24) is 0 Å². The van der Waals surface area contributed by atoms with E-state index in [0.29, 0.717) is 6.42 Å². The number of carbonyl (C=O) groups is 1. The Morgan fingerprint density at radius 3 is 2.39 bits per heavy atom. The molecule has 4 heteroatoms. The zero-order valence-corrected chi connectivity index (χ0v) is 10.8. The highest BCUT2D eigenvalue weighted by atomic mass is 16.6. The maximum absolute atomic E-state index is 10.8. The van der Waals surface area contributed by atoms with Crippen LogP contribution in [-0.2, 0) is 15.0 Å². The minimum atomic E-state index is -1.01. The van der Waals surface area contributed by atoms with E-state index >= 15 is 0 Å². The van der Waals surface area contributed by atoms with Crippen LogP contribution in [0.25, 0.3) is 0 Å². The lowest BCUT2D eigenvalue weighted by atomic mass is 9.86. The molecule has 0 radical (unpaired) electrons. The third-order valence-corrected chi connectivity index (χ3v) is 3.06. The Hall–Kier alpha value is -1.84. The number of oxime groups is 1. The summed E-state index contributed by atoms with van der Waals surface area (Å²) >= 11 is 0. The van der Waals surface area contributed by atoms with Crippen molar-refractivity contribution >= 4 is 11.7 Å². The second-order valence-electron chi connectivity index (χ2n) is 5.51. The van der Waals surface area contributed by atoms with Gasteiger partial charge in [0.1, 0.15) is 0 Å². The highest BCUT2D eigenvalue weighted by Gasteiger charge is 2.27. The zero-order valence-electron chi connectivity index (χ0n) is 10.8. The van der Waals surface area contributed by atoms with E-state index in [0.717, 1.165) is 5.56 Å². The molecule has 1 aromatic rings. The Kier molecular flexibility index (Phi) is 3.11. The Morgan fingerprint density at radius 2 is 1.94 bits per heavy atom. The fourth-order valence-electron chi connectivity index (χ4n) is 1.88. The van der Waals surface area contributed by atoms with Gasteiger partial charge in [-0.05, 0) is 16.5 Å². The summed E-state index contributed by atoms with van der Waals surface area (Å²) < 4.78 is 0. The first kappa shape index (κ1) is 12.6. The predicted octanol–water partition coefficient (Wildman–Crippen LogP) is 2.89. The quantitative estimate of drug-likeness (QED) is 0.874. The number of rotatable bonds is 2. The maximum atomic E-state index is 10.8. The molecule has 0 spiro atoms. The number of hydrogen-bond donors (Lipinski definition) is 1. The second-order valence-corrected chi connectivity index (χ2v) is 5.51. The van der Waals surface area contributed by atoms with Gasteiger partial charge in [-0.1, -0.05) is 50.2 Å². The molecule has 1 aliphatic heterocycles. The van der Waals surface area contributed by atoms with E-state index in [1.807, 2.05) is 12.1 Å². The number of hydrogen-bond acceptors (Lipinski definition) is 3. The summed E-state index contributed by atoms with van der Waals surface area (Å²) in [7, 11) is 0. The highest BCUT2D eigenvalue weighted by Crippen LogP contribution is 2.29. The van der Waals surface area contributed by atoms with E-state index in [9.17, 15) is 4.79 Å². The lowest BCUT2D eigenvalue weighted by Gasteiger charge is -2.19. The van der Waals surface area contributed by atoms with E-state index in [1.54, 1.807) is 0 Å². The van der Waals surface area contributed by atoms with Gasteiger partial charge in [-0.3, -0.25) is 0 Å². The molecule has 1 heterocycles. The van der Waals surface area contributed by atoms with Gasteiger partial charge in [-0.25, -0.2) is 4.79 Å². The molecule has 1 atom stereocenters. The average Bonchev–Trinajstić information content (AvgIpc) is 2.77. The van der Waals surface area contributed by atoms with Crippen LogP contribution in [0.3, 0.4) is 0 Å². The normalized spacial score (nSPS) is 19.3. The first-order chi connectivity index (χ1) is 8.38. The summed E-state index contributed by atoms with van der Waals surface area (Å²) in [5.74, 6) is -1.01. The molecule has 1 aliphatic rings. The third-order valence-electron chi connectivity index (χ3n) is 3.06. The molecule has 0 fully saturated rings. The molecule has 0 saturated heterocycles. The molecule has 0 unspecified atom stereocenters. The molecule has 0 aromatic heterocycles. The second kappa shape index (κ2) is 4.44. The van der Waals surface area contributed by atoms with Gasteiger partial charge in [0, 0.05) is 6.42 Å². The number of aliphatic carboxylic acids is 1. The maximum Gasteiger partial charge on any atom is 0.353 e. The Labute approximate surface area is 106 Å². The number of carboxylic acid groups (broad SMARTS) is 1. The van der Waals surface area contributed by atoms with Crippen LogP contribution in [0, 0.1) is 0 Å². The molecular weight excluding hydrogens is 230 g/mol. The summed E-state index contributed by atoms with van der Waals surface area (Å²) in [5, 5.41) is 12.4. The van der Waals surface area contributed by atoms with Crippen LogP contribution < -0.4 is 0 Å². The van der Waals surface area contributed by atoms with E-state index in [4.69, 9.17) is 9.94 Å². The zero-order chi connectivity index (χ0) is 13.3. The van der Waals surface area contributed by atoms with Crippen molar-refractivity contribution in [2.24, 2.45) is 5.16 Å². The van der Waals surface area contributed by atoms with Crippen molar-refractivity contribution < 1.29 is 14.7 Å². The predicted molar refractivity (Wildman–Crippen MR) is 68.7 cm³/mol. The lowest BCUT2D eigenvalue weighted by Crippen LogP contribution is -2.12. The highest BCUT2D eigenvalue weighted by molar-refractivity contribution is 6.35. The van der Waals surface area contributed by atoms with Gasteiger partial charge >= 0.3 is 5.97 Å². The molecule has 1 aromatic carbocycles. The van der Waals surface area contributed by atoms with Crippen LogP contribution >= 0.6 is 0 Å². The van der Waals surface area contributed by atoms with Crippen LogP contribution in [-0.4, -0.2) is 16.8 Å². The van der Waals surface area contributed by atoms with Crippen LogP contribution in [0.2, 0.25) is 0 Å². The standard InChI is InChI=1S/C14H17NO3/c1-14(2,3)10-6-4-9(5-7-10)12-8-11(13(16)17)15-18-12/h4-7,12H,8H2,1-3H3,(H,16,17)/t12-/m0/s1. The molecule has 1 N–H and O–H groups in total. The molecule has 18 heavy (non-hydrogen) atoms. The molecule has 4 nitrogen and oxygen atoms in total. The topological polar surface area (TPSA) is 58.9 Å². The van der Waals surface area contributed by atoms with Crippen LogP contribution in [0.5, 0.6) is 0 Å². The van der Waals surface area contributed by atoms with E-state index < -0.39 is 5.97 Å². The monoisotopic (exact) mass is 247 g/mol. The van der Waals surface area contributed by atoms with Gasteiger partial charge in [-0.2, -0.15) is 0 Å². The van der Waals surface area contributed by atoms with Crippen LogP contribution in [0.1, 0.15) is 44.4 Å². The van der Waals surface area contributed by atoms with Crippen LogP contribution in [0.4, 0.5) is 0 Å². The fourth-order valence-corrected chi connectivity index (χ4v) is 1.88. The smallest absolute Gasteiger partial charge is 0.353 e. The number of benzene rings is 1. The molecular formula is C14H17NO3. The summed E-state index contributed by atoms with van der Waals surface area (Å²) in [6, 6.07) is 8.06. The van der Waals surface area contributed by atoms with Gasteiger partial charge in [-0.15, -0.1) is 0 Å². The van der Waals surface area contributed by atoms with Gasteiger partial charge in [0.25, 0.3) is 0 Å². The molecule has 0 amide bonds. The van der Waals surface area contributed by atoms with Gasteiger partial charge in [0.15, 0.2) is 11.8 Å². The molecule has 0 saturated carbocycles. The fraction of sp³-hybridized carbons (Fsp3) is 0.429. The van der Waals surface area contributed by atoms with E-state index in [2.05, 4.69) is 38.1 Å². The number of carboxylic acids is 1. The molecule has 0 aliphatic carbocycles. The van der Waals surface area contributed by atoms with Crippen molar-refractivity contribution in [3.05, 3.63) is 35.4 Å². The number of nitrogens with zero attached hydrogens (tertiary/aromatic N) is 1. The Bertz CT molecular complexity index is 483. The molecule has 96 valence electrons. The largest absolute Gasteiger partial charge is 0.477 e. The minimum absolute atomic E-state index is 0.0832. The SMILES string of the molecule is CC(C)(C)c1ccc([C@@H]2CC(C(=O)O)=NO2)cc1. The van der Waals surface area contributed by atoms with Crippen molar-refractivity contribution in [2.75, 3.05) is 0 Å². The van der Waals surface area contributed by atoms with Crippen molar-refractivity contribution in [2.45, 2.75) is 38.7 Å². The molecule has 2 rings (SSSR count). The van der Waals surface area contributed by atoms with Crippen molar-refractivity contribution in [3.8, 4) is 0 Å². The Balaban J connectivity index is 2.11. The van der Waals surface area contributed by atoms with Crippen molar-refractivity contribution in [1.29, 1.82) is 0 Å². The van der Waals surface area contributed by atoms with Gasteiger partial charge in [0.2, 0.25) is 0 Å². The van der Waals surface area contributed by atoms with Crippen molar-refractivity contribution in [3.63, 3.8) is 0 Å². The molecule has 0 bridgehead atoms. The van der Waals surface area contributed by atoms with Gasteiger partial charge < -0.3 is 9.94 Å².